The summed E-state index contributed by atoms with van der Waals surface area (Å²) in [5, 5.41) is 19.0. The third kappa shape index (κ3) is 4.58. The molecule has 0 fully saturated rings. The molecule has 0 heterocycles. The highest BCUT2D eigenvalue weighted by atomic mass is 32.2. The van der Waals surface area contributed by atoms with E-state index < -0.39 is 22.0 Å². The highest BCUT2D eigenvalue weighted by Crippen LogP contribution is 2.24. The highest BCUT2D eigenvalue weighted by molar-refractivity contribution is 7.91. The summed E-state index contributed by atoms with van der Waals surface area (Å²) in [5.41, 5.74) is 0.863. The fourth-order valence-electron chi connectivity index (χ4n) is 2.10. The van der Waals surface area contributed by atoms with Gasteiger partial charge in [0.25, 0.3) is 0 Å². The molecule has 0 saturated carbocycles. The fourth-order valence-corrected chi connectivity index (χ4v) is 3.47. The minimum absolute atomic E-state index is 0.0172. The molecule has 0 aromatic heterocycles. The van der Waals surface area contributed by atoms with Crippen LogP contribution in [0.15, 0.2) is 29.2 Å². The first kappa shape index (κ1) is 17.1. The number of rotatable bonds is 7. The summed E-state index contributed by atoms with van der Waals surface area (Å²) in [7, 11) is -3.22. The van der Waals surface area contributed by atoms with Crippen LogP contribution in [0.3, 0.4) is 0 Å². The predicted molar refractivity (Wildman–Crippen MR) is 79.5 cm³/mol. The summed E-state index contributed by atoms with van der Waals surface area (Å²) in [6.07, 6.45) is -0.608. The van der Waals surface area contributed by atoms with E-state index in [-0.39, 0.29) is 11.7 Å². The second-order valence-corrected chi connectivity index (χ2v) is 7.45. The molecule has 1 aromatic rings. The monoisotopic (exact) mass is 300 g/mol. The summed E-state index contributed by atoms with van der Waals surface area (Å²) in [6.45, 7) is 5.29. The quantitative estimate of drug-likeness (QED) is 0.808. The molecule has 0 bridgehead atoms. The Bertz CT molecular complexity index is 522. The molecule has 20 heavy (non-hydrogen) atoms. The van der Waals surface area contributed by atoms with Gasteiger partial charge >= 0.3 is 0 Å². The number of benzene rings is 1. The Kier molecular flexibility index (Phi) is 6.17. The molecule has 0 saturated heterocycles. The number of hydrogen-bond acceptors (Lipinski definition) is 4. The maximum Gasteiger partial charge on any atom is 0.178 e. The van der Waals surface area contributed by atoms with Gasteiger partial charge in [-0.25, -0.2) is 8.42 Å². The van der Waals surface area contributed by atoms with Gasteiger partial charge in [0, 0.05) is 0 Å². The van der Waals surface area contributed by atoms with Gasteiger partial charge in [-0.1, -0.05) is 26.0 Å². The van der Waals surface area contributed by atoms with Crippen LogP contribution >= 0.6 is 0 Å². The van der Waals surface area contributed by atoms with Crippen LogP contribution in [-0.4, -0.2) is 36.6 Å². The van der Waals surface area contributed by atoms with Gasteiger partial charge in [-0.05, 0) is 43.4 Å². The molecular formula is C15H24O4S. The van der Waals surface area contributed by atoms with Crippen molar-refractivity contribution in [2.24, 2.45) is 0 Å². The van der Waals surface area contributed by atoms with Crippen LogP contribution in [0.4, 0.5) is 0 Å². The fraction of sp³-hybridized carbons (Fsp3) is 0.600. The molecule has 0 aliphatic carbocycles. The standard InChI is InChI=1S/C15H24O4S/c1-4-8-20(18,19)14-7-5-6-13(10-14)11(2)9-15(17)12(3)16/h5-7,10-12,15-17H,4,8-9H2,1-3H3. The van der Waals surface area contributed by atoms with Crippen molar-refractivity contribution in [3.63, 3.8) is 0 Å². The summed E-state index contributed by atoms with van der Waals surface area (Å²) in [6, 6.07) is 6.85. The van der Waals surface area contributed by atoms with Gasteiger partial charge in [-0.2, -0.15) is 0 Å². The van der Waals surface area contributed by atoms with Crippen molar-refractivity contribution in [1.29, 1.82) is 0 Å². The first-order valence-electron chi connectivity index (χ1n) is 6.96. The SMILES string of the molecule is CCCS(=O)(=O)c1cccc(C(C)CC(O)C(C)O)c1. The minimum Gasteiger partial charge on any atom is -0.391 e. The van der Waals surface area contributed by atoms with Crippen molar-refractivity contribution in [3.05, 3.63) is 29.8 Å². The molecule has 1 aromatic carbocycles. The largest absolute Gasteiger partial charge is 0.391 e. The normalized spacial score (nSPS) is 16.6. The van der Waals surface area contributed by atoms with Crippen molar-refractivity contribution in [2.75, 3.05) is 5.75 Å². The molecule has 0 radical (unpaired) electrons. The number of aliphatic hydroxyl groups is 2. The lowest BCUT2D eigenvalue weighted by Gasteiger charge is -2.19. The Labute approximate surface area is 121 Å². The average molecular weight is 300 g/mol. The van der Waals surface area contributed by atoms with Crippen LogP contribution in [-0.2, 0) is 9.84 Å². The van der Waals surface area contributed by atoms with Crippen LogP contribution in [0.5, 0.6) is 0 Å². The topological polar surface area (TPSA) is 74.6 Å². The third-order valence-electron chi connectivity index (χ3n) is 3.41. The second-order valence-electron chi connectivity index (χ2n) is 5.34. The molecule has 0 amide bonds. The Morgan fingerprint density at radius 1 is 1.20 bits per heavy atom. The van der Waals surface area contributed by atoms with E-state index in [9.17, 15) is 18.6 Å². The maximum absolute atomic E-state index is 12.0. The van der Waals surface area contributed by atoms with Crippen LogP contribution in [0, 0.1) is 0 Å². The zero-order valence-electron chi connectivity index (χ0n) is 12.3. The Balaban J connectivity index is 2.93. The van der Waals surface area contributed by atoms with Gasteiger partial charge in [0.15, 0.2) is 9.84 Å². The van der Waals surface area contributed by atoms with E-state index in [4.69, 9.17) is 0 Å². The smallest absolute Gasteiger partial charge is 0.178 e. The van der Waals surface area contributed by atoms with Crippen molar-refractivity contribution in [2.45, 2.75) is 56.6 Å². The molecule has 1 rings (SSSR count). The van der Waals surface area contributed by atoms with E-state index in [1.165, 1.54) is 0 Å². The number of aliphatic hydroxyl groups excluding tert-OH is 2. The average Bonchev–Trinajstić information content (AvgIpc) is 2.38. The molecule has 0 aliphatic rings. The molecule has 114 valence electrons. The third-order valence-corrected chi connectivity index (χ3v) is 5.33. The molecule has 4 nitrogen and oxygen atoms in total. The van der Waals surface area contributed by atoms with Crippen LogP contribution in [0.1, 0.15) is 45.1 Å². The zero-order valence-corrected chi connectivity index (χ0v) is 13.1. The molecule has 3 atom stereocenters. The molecule has 5 heteroatoms. The number of sulfone groups is 1. The van der Waals surface area contributed by atoms with E-state index in [2.05, 4.69) is 0 Å². The van der Waals surface area contributed by atoms with Crippen molar-refractivity contribution >= 4 is 9.84 Å². The van der Waals surface area contributed by atoms with Gasteiger partial charge < -0.3 is 10.2 Å². The van der Waals surface area contributed by atoms with E-state index in [1.54, 1.807) is 25.1 Å². The van der Waals surface area contributed by atoms with Gasteiger partial charge in [-0.3, -0.25) is 0 Å². The van der Waals surface area contributed by atoms with Crippen molar-refractivity contribution in [1.82, 2.24) is 0 Å². The molecule has 0 spiro atoms. The highest BCUT2D eigenvalue weighted by Gasteiger charge is 2.19. The van der Waals surface area contributed by atoms with Gasteiger partial charge in [0.1, 0.15) is 0 Å². The summed E-state index contributed by atoms with van der Waals surface area (Å²) >= 11 is 0. The number of hydrogen-bond donors (Lipinski definition) is 2. The van der Waals surface area contributed by atoms with Gasteiger partial charge in [-0.15, -0.1) is 0 Å². The summed E-state index contributed by atoms with van der Waals surface area (Å²) in [5.74, 6) is 0.123. The van der Waals surface area contributed by atoms with Gasteiger partial charge in [0.05, 0.1) is 22.9 Å². The maximum atomic E-state index is 12.0. The lowest BCUT2D eigenvalue weighted by Crippen LogP contribution is -2.24. The van der Waals surface area contributed by atoms with Crippen molar-refractivity contribution < 1.29 is 18.6 Å². The molecular weight excluding hydrogens is 276 g/mol. The molecule has 2 N–H and O–H groups in total. The van der Waals surface area contributed by atoms with E-state index in [0.717, 1.165) is 5.56 Å². The van der Waals surface area contributed by atoms with E-state index in [1.807, 2.05) is 19.9 Å². The predicted octanol–water partition coefficient (Wildman–Crippen LogP) is 2.11. The molecule has 3 unspecified atom stereocenters. The van der Waals surface area contributed by atoms with Crippen LogP contribution < -0.4 is 0 Å². The van der Waals surface area contributed by atoms with Crippen molar-refractivity contribution in [3.8, 4) is 0 Å². The zero-order chi connectivity index (χ0) is 15.3. The first-order valence-corrected chi connectivity index (χ1v) is 8.62. The Morgan fingerprint density at radius 2 is 1.85 bits per heavy atom. The van der Waals surface area contributed by atoms with E-state index in [0.29, 0.717) is 17.7 Å². The minimum atomic E-state index is -3.22. The first-order chi connectivity index (χ1) is 9.27. The summed E-state index contributed by atoms with van der Waals surface area (Å²) < 4.78 is 24.1. The van der Waals surface area contributed by atoms with Crippen LogP contribution in [0.2, 0.25) is 0 Å². The second kappa shape index (κ2) is 7.20. The molecule has 0 aliphatic heterocycles. The van der Waals surface area contributed by atoms with Crippen LogP contribution in [0.25, 0.3) is 0 Å². The lowest BCUT2D eigenvalue weighted by molar-refractivity contribution is 0.0227. The Hall–Kier alpha value is -0.910. The Morgan fingerprint density at radius 3 is 2.40 bits per heavy atom. The summed E-state index contributed by atoms with van der Waals surface area (Å²) in [4.78, 5) is 0.329. The van der Waals surface area contributed by atoms with E-state index >= 15 is 0 Å². The lowest BCUT2D eigenvalue weighted by atomic mass is 9.93. The van der Waals surface area contributed by atoms with Gasteiger partial charge in [0.2, 0.25) is 0 Å².